The summed E-state index contributed by atoms with van der Waals surface area (Å²) in [5, 5.41) is 0. The summed E-state index contributed by atoms with van der Waals surface area (Å²) in [6.07, 6.45) is 2.54. The van der Waals surface area contributed by atoms with Gasteiger partial charge in [0.1, 0.15) is 11.4 Å². The molecule has 2 aromatic heterocycles. The third-order valence-electron chi connectivity index (χ3n) is 4.10. The van der Waals surface area contributed by atoms with E-state index in [4.69, 9.17) is 0 Å². The van der Waals surface area contributed by atoms with Gasteiger partial charge in [-0.1, -0.05) is 6.92 Å². The fourth-order valence-corrected chi connectivity index (χ4v) is 2.57. The van der Waals surface area contributed by atoms with E-state index in [0.29, 0.717) is 13.1 Å². The first-order chi connectivity index (χ1) is 10.5. The van der Waals surface area contributed by atoms with Gasteiger partial charge < -0.3 is 9.47 Å². The van der Waals surface area contributed by atoms with Gasteiger partial charge in [0, 0.05) is 37.5 Å². The monoisotopic (exact) mass is 298 g/mol. The number of fused-ring (bicyclic) bond motifs is 1. The van der Waals surface area contributed by atoms with Crippen molar-refractivity contribution in [1.82, 2.24) is 19.4 Å². The molecule has 0 atom stereocenters. The van der Waals surface area contributed by atoms with Gasteiger partial charge in [-0.15, -0.1) is 0 Å². The Kier molecular flexibility index (Phi) is 3.52. The second-order valence-electron chi connectivity index (χ2n) is 5.53. The van der Waals surface area contributed by atoms with Gasteiger partial charge >= 0.3 is 0 Å². The Labute approximate surface area is 128 Å². The standard InChI is InChI=1S/C16H18N4O2/c1-4-14-17-7-11-8-20(9-13(11)18-14)16(22)12-6-5-10(2)19(3)15(12)21/h5-7H,4,8-9H2,1-3H3. The molecule has 1 aliphatic rings. The molecule has 0 unspecified atom stereocenters. The van der Waals surface area contributed by atoms with Crippen LogP contribution in [0.15, 0.2) is 23.1 Å². The van der Waals surface area contributed by atoms with Crippen molar-refractivity contribution in [2.75, 3.05) is 0 Å². The third kappa shape index (κ3) is 2.30. The maximum absolute atomic E-state index is 12.6. The predicted molar refractivity (Wildman–Crippen MR) is 81.4 cm³/mol. The highest BCUT2D eigenvalue weighted by Crippen LogP contribution is 2.21. The molecular weight excluding hydrogens is 280 g/mol. The second kappa shape index (κ2) is 5.36. The number of hydrogen-bond donors (Lipinski definition) is 0. The zero-order valence-electron chi connectivity index (χ0n) is 13.0. The van der Waals surface area contributed by atoms with Crippen molar-refractivity contribution in [2.24, 2.45) is 7.05 Å². The normalized spacial score (nSPS) is 13.3. The van der Waals surface area contributed by atoms with Crippen molar-refractivity contribution in [2.45, 2.75) is 33.4 Å². The quantitative estimate of drug-likeness (QED) is 0.835. The molecule has 3 rings (SSSR count). The van der Waals surface area contributed by atoms with Crippen molar-refractivity contribution in [3.8, 4) is 0 Å². The summed E-state index contributed by atoms with van der Waals surface area (Å²) in [4.78, 5) is 35.2. The first-order valence-corrected chi connectivity index (χ1v) is 7.30. The lowest BCUT2D eigenvalue weighted by Gasteiger charge is -2.15. The largest absolute Gasteiger partial charge is 0.328 e. The Balaban J connectivity index is 1.90. The molecule has 1 amide bonds. The molecule has 1 aliphatic heterocycles. The molecule has 0 radical (unpaired) electrons. The van der Waals surface area contributed by atoms with Crippen LogP contribution < -0.4 is 5.56 Å². The molecule has 0 saturated carbocycles. The van der Waals surface area contributed by atoms with Crippen LogP contribution in [-0.2, 0) is 26.6 Å². The Bertz CT molecular complexity index is 810. The fourth-order valence-electron chi connectivity index (χ4n) is 2.57. The van der Waals surface area contributed by atoms with Crippen LogP contribution in [0.1, 0.15) is 40.1 Å². The minimum Gasteiger partial charge on any atom is -0.328 e. The van der Waals surface area contributed by atoms with Crippen LogP contribution in [0, 0.1) is 6.92 Å². The maximum atomic E-state index is 12.6. The molecule has 0 aromatic carbocycles. The summed E-state index contributed by atoms with van der Waals surface area (Å²) in [6, 6.07) is 3.39. The van der Waals surface area contributed by atoms with Crippen molar-refractivity contribution in [3.05, 3.63) is 57.0 Å². The number of carbonyl (C=O) groups is 1. The van der Waals surface area contributed by atoms with Gasteiger partial charge in [0.15, 0.2) is 0 Å². The molecule has 2 aromatic rings. The highest BCUT2D eigenvalue weighted by molar-refractivity contribution is 5.94. The average molecular weight is 298 g/mol. The molecule has 0 bridgehead atoms. The third-order valence-corrected chi connectivity index (χ3v) is 4.10. The number of hydrogen-bond acceptors (Lipinski definition) is 4. The van der Waals surface area contributed by atoms with Gasteiger partial charge in [-0.05, 0) is 19.1 Å². The van der Waals surface area contributed by atoms with Gasteiger partial charge in [0.2, 0.25) is 0 Å². The van der Waals surface area contributed by atoms with Crippen LogP contribution in [0.25, 0.3) is 0 Å². The fraction of sp³-hybridized carbons (Fsp3) is 0.375. The van der Waals surface area contributed by atoms with Crippen LogP contribution in [-0.4, -0.2) is 25.3 Å². The summed E-state index contributed by atoms with van der Waals surface area (Å²) in [7, 11) is 1.67. The lowest BCUT2D eigenvalue weighted by atomic mass is 10.2. The number of pyridine rings is 1. The van der Waals surface area contributed by atoms with Crippen LogP contribution >= 0.6 is 0 Å². The predicted octanol–water partition coefficient (Wildman–Crippen LogP) is 1.20. The van der Waals surface area contributed by atoms with Gasteiger partial charge in [0.05, 0.1) is 12.2 Å². The van der Waals surface area contributed by atoms with Crippen LogP contribution in [0.3, 0.4) is 0 Å². The van der Waals surface area contributed by atoms with E-state index in [2.05, 4.69) is 9.97 Å². The first-order valence-electron chi connectivity index (χ1n) is 7.30. The first kappa shape index (κ1) is 14.4. The number of carbonyl (C=O) groups excluding carboxylic acids is 1. The Hall–Kier alpha value is -2.50. The molecule has 22 heavy (non-hydrogen) atoms. The van der Waals surface area contributed by atoms with Gasteiger partial charge in [-0.25, -0.2) is 9.97 Å². The summed E-state index contributed by atoms with van der Waals surface area (Å²) in [5.41, 5.74) is 2.59. The topological polar surface area (TPSA) is 68.1 Å². The second-order valence-corrected chi connectivity index (χ2v) is 5.53. The van der Waals surface area contributed by atoms with Crippen LogP contribution in [0.5, 0.6) is 0 Å². The zero-order valence-corrected chi connectivity index (χ0v) is 13.0. The van der Waals surface area contributed by atoms with Gasteiger partial charge in [-0.2, -0.15) is 0 Å². The lowest BCUT2D eigenvalue weighted by molar-refractivity contribution is 0.0748. The zero-order chi connectivity index (χ0) is 15.9. The molecule has 6 nitrogen and oxygen atoms in total. The minimum atomic E-state index is -0.263. The minimum absolute atomic E-state index is 0.199. The molecule has 0 saturated heterocycles. The van der Waals surface area contributed by atoms with E-state index in [9.17, 15) is 9.59 Å². The molecule has 3 heterocycles. The van der Waals surface area contributed by atoms with E-state index in [1.165, 1.54) is 4.57 Å². The Morgan fingerprint density at radius 3 is 2.82 bits per heavy atom. The summed E-state index contributed by atoms with van der Waals surface area (Å²) < 4.78 is 1.49. The van der Waals surface area contributed by atoms with Crippen molar-refractivity contribution >= 4 is 5.91 Å². The lowest BCUT2D eigenvalue weighted by Crippen LogP contribution is -2.33. The number of aryl methyl sites for hydroxylation is 2. The molecule has 0 N–H and O–H groups in total. The SMILES string of the molecule is CCc1ncc2c(n1)CN(C(=O)c1ccc(C)n(C)c1=O)C2. The van der Waals surface area contributed by atoms with E-state index in [0.717, 1.165) is 29.2 Å². The molecule has 0 spiro atoms. The van der Waals surface area contributed by atoms with Crippen molar-refractivity contribution in [3.63, 3.8) is 0 Å². The van der Waals surface area contributed by atoms with E-state index >= 15 is 0 Å². The Morgan fingerprint density at radius 1 is 1.32 bits per heavy atom. The molecular formula is C16H18N4O2. The highest BCUT2D eigenvalue weighted by Gasteiger charge is 2.27. The van der Waals surface area contributed by atoms with Crippen molar-refractivity contribution in [1.29, 1.82) is 0 Å². The van der Waals surface area contributed by atoms with Crippen molar-refractivity contribution < 1.29 is 4.79 Å². The average Bonchev–Trinajstić information content (AvgIpc) is 2.95. The summed E-state index contributed by atoms with van der Waals surface area (Å²) >= 11 is 0. The van der Waals surface area contributed by atoms with E-state index in [-0.39, 0.29) is 17.0 Å². The molecule has 6 heteroatoms. The van der Waals surface area contributed by atoms with E-state index in [1.54, 1.807) is 30.3 Å². The highest BCUT2D eigenvalue weighted by atomic mass is 16.2. The summed E-state index contributed by atoms with van der Waals surface area (Å²) in [6.45, 7) is 4.72. The smallest absolute Gasteiger partial charge is 0.263 e. The number of nitrogens with zero attached hydrogens (tertiary/aromatic N) is 4. The summed E-state index contributed by atoms with van der Waals surface area (Å²) in [5.74, 6) is 0.524. The number of rotatable bonds is 2. The number of aromatic nitrogens is 3. The van der Waals surface area contributed by atoms with Gasteiger partial charge in [-0.3, -0.25) is 9.59 Å². The molecule has 0 fully saturated rings. The van der Waals surface area contributed by atoms with E-state index < -0.39 is 0 Å². The maximum Gasteiger partial charge on any atom is 0.263 e. The Morgan fingerprint density at radius 2 is 2.09 bits per heavy atom. The number of amides is 1. The van der Waals surface area contributed by atoms with Crippen LogP contribution in [0.2, 0.25) is 0 Å². The molecule has 114 valence electrons. The van der Waals surface area contributed by atoms with E-state index in [1.807, 2.05) is 13.8 Å². The molecule has 0 aliphatic carbocycles. The van der Waals surface area contributed by atoms with Crippen LogP contribution in [0.4, 0.5) is 0 Å². The van der Waals surface area contributed by atoms with Gasteiger partial charge in [0.25, 0.3) is 11.5 Å².